The molecule has 3 aromatic rings. The van der Waals surface area contributed by atoms with E-state index in [1.54, 1.807) is 28.5 Å². The zero-order valence-corrected chi connectivity index (χ0v) is 20.0. The number of rotatable bonds is 6. The minimum Gasteiger partial charge on any atom is -0.489 e. The van der Waals surface area contributed by atoms with E-state index in [0.717, 1.165) is 16.9 Å². The molecule has 31 heavy (non-hydrogen) atoms. The summed E-state index contributed by atoms with van der Waals surface area (Å²) in [7, 11) is -3.48. The molecule has 0 aliphatic carbocycles. The molecule has 4 rings (SSSR count). The Morgan fingerprint density at radius 2 is 1.90 bits per heavy atom. The van der Waals surface area contributed by atoms with Gasteiger partial charge in [-0.05, 0) is 53.6 Å². The Bertz CT molecular complexity index is 1170. The van der Waals surface area contributed by atoms with E-state index in [2.05, 4.69) is 0 Å². The SMILES string of the molecule is Cc1cc(Cl)ccc1OCc1csc(C(=O)N2CCN(S(=O)(=O)c3cccs3)CC2)c1. The molecule has 1 fully saturated rings. The van der Waals surface area contributed by atoms with Crippen LogP contribution in [0.2, 0.25) is 5.02 Å². The first kappa shape index (κ1) is 22.3. The van der Waals surface area contributed by atoms with Gasteiger partial charge in [-0.2, -0.15) is 4.31 Å². The highest BCUT2D eigenvalue weighted by atomic mass is 35.5. The molecule has 1 amide bonds. The Morgan fingerprint density at radius 3 is 2.58 bits per heavy atom. The van der Waals surface area contributed by atoms with Crippen LogP contribution in [0.25, 0.3) is 0 Å². The number of halogens is 1. The molecular weight excluding hydrogens is 476 g/mol. The number of carbonyl (C=O) groups excluding carboxylic acids is 1. The Morgan fingerprint density at radius 1 is 1.13 bits per heavy atom. The summed E-state index contributed by atoms with van der Waals surface area (Å²) in [4.78, 5) is 15.2. The van der Waals surface area contributed by atoms with Gasteiger partial charge in [0.2, 0.25) is 0 Å². The van der Waals surface area contributed by atoms with Gasteiger partial charge in [-0.3, -0.25) is 4.79 Å². The van der Waals surface area contributed by atoms with Crippen molar-refractivity contribution in [1.29, 1.82) is 0 Å². The average molecular weight is 497 g/mol. The van der Waals surface area contributed by atoms with Crippen LogP contribution < -0.4 is 4.74 Å². The van der Waals surface area contributed by atoms with E-state index in [9.17, 15) is 13.2 Å². The minimum atomic E-state index is -3.48. The Balaban J connectivity index is 1.34. The second kappa shape index (κ2) is 9.30. The second-order valence-corrected chi connectivity index (χ2v) is 11.6. The molecule has 0 bridgehead atoms. The molecule has 1 aliphatic heterocycles. The molecule has 0 N–H and O–H groups in total. The summed E-state index contributed by atoms with van der Waals surface area (Å²) in [5.41, 5.74) is 1.87. The summed E-state index contributed by atoms with van der Waals surface area (Å²) in [6.45, 7) is 3.63. The van der Waals surface area contributed by atoms with Crippen molar-refractivity contribution in [3.63, 3.8) is 0 Å². The van der Waals surface area contributed by atoms with Crippen molar-refractivity contribution in [2.45, 2.75) is 17.7 Å². The summed E-state index contributed by atoms with van der Waals surface area (Å²) >= 11 is 8.56. The molecule has 2 aromatic heterocycles. The smallest absolute Gasteiger partial charge is 0.264 e. The first-order valence-corrected chi connectivity index (χ1v) is 13.2. The zero-order valence-electron chi connectivity index (χ0n) is 16.8. The van der Waals surface area contributed by atoms with Gasteiger partial charge in [0.1, 0.15) is 16.6 Å². The lowest BCUT2D eigenvalue weighted by atomic mass is 10.2. The van der Waals surface area contributed by atoms with Crippen molar-refractivity contribution in [1.82, 2.24) is 9.21 Å². The minimum absolute atomic E-state index is 0.0768. The van der Waals surface area contributed by atoms with Gasteiger partial charge in [0.25, 0.3) is 15.9 Å². The van der Waals surface area contributed by atoms with Crippen LogP contribution >= 0.6 is 34.3 Å². The zero-order chi connectivity index (χ0) is 22.0. The first-order valence-electron chi connectivity index (χ1n) is 9.64. The number of benzene rings is 1. The van der Waals surface area contributed by atoms with Crippen molar-refractivity contribution < 1.29 is 17.9 Å². The van der Waals surface area contributed by atoms with Gasteiger partial charge in [0, 0.05) is 36.8 Å². The lowest BCUT2D eigenvalue weighted by Gasteiger charge is -2.33. The third-order valence-corrected chi connectivity index (χ3v) is 9.48. The first-order chi connectivity index (χ1) is 14.8. The van der Waals surface area contributed by atoms with Crippen molar-refractivity contribution in [3.05, 3.63) is 68.2 Å². The molecule has 0 saturated carbocycles. The summed E-state index contributed by atoms with van der Waals surface area (Å²) < 4.78 is 32.9. The number of nitrogens with zero attached hydrogens (tertiary/aromatic N) is 2. The van der Waals surface area contributed by atoms with E-state index >= 15 is 0 Å². The van der Waals surface area contributed by atoms with Gasteiger partial charge in [-0.15, -0.1) is 22.7 Å². The monoisotopic (exact) mass is 496 g/mol. The van der Waals surface area contributed by atoms with Crippen LogP contribution in [-0.2, 0) is 16.6 Å². The summed E-state index contributed by atoms with van der Waals surface area (Å²) in [6.07, 6.45) is 0. The second-order valence-electron chi connectivity index (χ2n) is 7.15. The lowest BCUT2D eigenvalue weighted by molar-refractivity contribution is 0.0703. The van der Waals surface area contributed by atoms with Crippen LogP contribution in [0.4, 0.5) is 0 Å². The molecular formula is C21H21ClN2O4S3. The van der Waals surface area contributed by atoms with Crippen LogP contribution in [0, 0.1) is 6.92 Å². The predicted octanol–water partition coefficient (Wildman–Crippen LogP) is 4.50. The molecule has 0 radical (unpaired) electrons. The standard InChI is InChI=1S/C21H21ClN2O4S3/c1-15-11-17(22)4-5-18(15)28-13-16-12-19(30-14-16)21(25)23-6-8-24(9-7-23)31(26,27)20-3-2-10-29-20/h2-5,10-12,14H,6-9,13H2,1H3. The normalized spacial score (nSPS) is 15.2. The maximum atomic E-state index is 12.9. The van der Waals surface area contributed by atoms with E-state index in [4.69, 9.17) is 16.3 Å². The fraction of sp³-hybridized carbons (Fsp3) is 0.286. The number of thiophene rings is 2. The maximum absolute atomic E-state index is 12.9. The summed E-state index contributed by atoms with van der Waals surface area (Å²) in [5, 5.41) is 4.33. The van der Waals surface area contributed by atoms with Gasteiger partial charge in [-0.25, -0.2) is 8.42 Å². The van der Waals surface area contributed by atoms with E-state index in [-0.39, 0.29) is 5.91 Å². The number of hydrogen-bond donors (Lipinski definition) is 0. The van der Waals surface area contributed by atoms with Crippen molar-refractivity contribution in [2.75, 3.05) is 26.2 Å². The van der Waals surface area contributed by atoms with Crippen molar-refractivity contribution in [3.8, 4) is 5.75 Å². The third kappa shape index (κ3) is 4.96. The van der Waals surface area contributed by atoms with Gasteiger partial charge in [-0.1, -0.05) is 17.7 Å². The molecule has 6 nitrogen and oxygen atoms in total. The summed E-state index contributed by atoms with van der Waals surface area (Å²) in [5.74, 6) is 0.679. The highest BCUT2D eigenvalue weighted by Crippen LogP contribution is 2.25. The Hall–Kier alpha value is -1.91. The predicted molar refractivity (Wildman–Crippen MR) is 124 cm³/mol. The number of aryl methyl sites for hydroxylation is 1. The lowest BCUT2D eigenvalue weighted by Crippen LogP contribution is -2.50. The quantitative estimate of drug-likeness (QED) is 0.504. The van der Waals surface area contributed by atoms with Crippen molar-refractivity contribution >= 4 is 50.2 Å². The van der Waals surface area contributed by atoms with Crippen LogP contribution in [0.3, 0.4) is 0 Å². The van der Waals surface area contributed by atoms with Crippen molar-refractivity contribution in [2.24, 2.45) is 0 Å². The molecule has 1 saturated heterocycles. The number of sulfonamides is 1. The third-order valence-electron chi connectivity index (χ3n) is 5.01. The average Bonchev–Trinajstić information content (AvgIpc) is 3.45. The van der Waals surface area contributed by atoms with E-state index in [1.807, 2.05) is 30.5 Å². The van der Waals surface area contributed by atoms with Gasteiger partial charge in [0.15, 0.2) is 0 Å². The van der Waals surface area contributed by atoms with E-state index < -0.39 is 10.0 Å². The molecule has 3 heterocycles. The van der Waals surface area contributed by atoms with E-state index in [0.29, 0.717) is 46.9 Å². The van der Waals surface area contributed by atoms with Crippen LogP contribution in [0.15, 0.2) is 51.4 Å². The fourth-order valence-corrected chi connectivity index (χ4v) is 6.98. The highest BCUT2D eigenvalue weighted by molar-refractivity contribution is 7.91. The van der Waals surface area contributed by atoms with Gasteiger partial charge < -0.3 is 9.64 Å². The van der Waals surface area contributed by atoms with E-state index in [1.165, 1.54) is 27.0 Å². The Kier molecular flexibility index (Phi) is 6.68. The largest absolute Gasteiger partial charge is 0.489 e. The molecule has 1 aliphatic rings. The number of ether oxygens (including phenoxy) is 1. The number of amides is 1. The van der Waals surface area contributed by atoms with Gasteiger partial charge >= 0.3 is 0 Å². The topological polar surface area (TPSA) is 66.9 Å². The van der Waals surface area contributed by atoms with Crippen LogP contribution in [0.1, 0.15) is 20.8 Å². The number of carbonyl (C=O) groups is 1. The molecule has 10 heteroatoms. The molecule has 0 unspecified atom stereocenters. The Labute approximate surface area is 194 Å². The van der Waals surface area contributed by atoms with Gasteiger partial charge in [0.05, 0.1) is 4.88 Å². The van der Waals surface area contributed by atoms with Crippen LogP contribution in [0.5, 0.6) is 5.75 Å². The molecule has 0 atom stereocenters. The summed E-state index contributed by atoms with van der Waals surface area (Å²) in [6, 6.07) is 10.6. The molecule has 0 spiro atoms. The van der Waals surface area contributed by atoms with Crippen LogP contribution in [-0.4, -0.2) is 49.7 Å². The molecule has 1 aromatic carbocycles. The number of hydrogen-bond acceptors (Lipinski definition) is 6. The fourth-order valence-electron chi connectivity index (χ4n) is 3.32. The number of piperazine rings is 1. The highest BCUT2D eigenvalue weighted by Gasteiger charge is 2.31. The maximum Gasteiger partial charge on any atom is 0.264 e. The molecule has 164 valence electrons.